The third kappa shape index (κ3) is 4.62. The van der Waals surface area contributed by atoms with Crippen LogP contribution in [0.3, 0.4) is 0 Å². The number of nitrogens with zero attached hydrogens (tertiary/aromatic N) is 2. The van der Waals surface area contributed by atoms with E-state index in [2.05, 4.69) is 59.0 Å². The van der Waals surface area contributed by atoms with Crippen LogP contribution in [0.1, 0.15) is 54.3 Å². The van der Waals surface area contributed by atoms with E-state index >= 15 is 0 Å². The third-order valence-corrected chi connectivity index (χ3v) is 6.46. The fourth-order valence-corrected chi connectivity index (χ4v) is 4.87. The number of carbonyl (C=O) groups excluding carboxylic acids is 1. The van der Waals surface area contributed by atoms with E-state index in [9.17, 15) is 9.90 Å². The van der Waals surface area contributed by atoms with Crippen molar-refractivity contribution >= 4 is 16.8 Å². The smallest absolute Gasteiger partial charge is 0.253 e. The van der Waals surface area contributed by atoms with Gasteiger partial charge in [0.15, 0.2) is 0 Å². The molecule has 1 aliphatic heterocycles. The Balaban J connectivity index is 1.41. The number of likely N-dealkylation sites (tertiary alicyclic amines) is 1. The Morgan fingerprint density at radius 2 is 1.84 bits per heavy atom. The van der Waals surface area contributed by atoms with Crippen LogP contribution in [-0.2, 0) is 6.42 Å². The van der Waals surface area contributed by atoms with Gasteiger partial charge in [-0.05, 0) is 63.8 Å². The lowest BCUT2D eigenvalue weighted by atomic mass is 10.0. The molecule has 1 aromatic heterocycles. The average Bonchev–Trinajstić information content (AvgIpc) is 3.05. The molecule has 4 rings (SSSR count). The van der Waals surface area contributed by atoms with E-state index in [4.69, 9.17) is 0 Å². The van der Waals surface area contributed by atoms with Crippen molar-refractivity contribution < 1.29 is 9.90 Å². The number of fused-ring (bicyclic) bond motifs is 1. The Hall–Kier alpha value is -2.79. The van der Waals surface area contributed by atoms with Crippen molar-refractivity contribution in [1.82, 2.24) is 14.8 Å². The van der Waals surface area contributed by atoms with Gasteiger partial charge in [0.1, 0.15) is 5.75 Å². The quantitative estimate of drug-likeness (QED) is 0.610. The van der Waals surface area contributed by atoms with E-state index in [0.29, 0.717) is 5.56 Å². The average molecular weight is 420 g/mol. The Bertz CT molecular complexity index is 1050. The number of benzene rings is 2. The third-order valence-electron chi connectivity index (χ3n) is 6.46. The van der Waals surface area contributed by atoms with E-state index in [0.717, 1.165) is 55.5 Å². The molecule has 0 radical (unpaired) electrons. The van der Waals surface area contributed by atoms with Crippen molar-refractivity contribution in [1.29, 1.82) is 0 Å². The van der Waals surface area contributed by atoms with Crippen LogP contribution < -0.4 is 5.32 Å². The SMILES string of the molecule is Cc1c(C(=O)NC2CCN(CCc3ccccc3)CC2)c2cc(O)ccc2n1C(C)C. The molecule has 164 valence electrons. The van der Waals surface area contributed by atoms with Crippen molar-refractivity contribution in [2.24, 2.45) is 0 Å². The first-order chi connectivity index (χ1) is 14.9. The van der Waals surface area contributed by atoms with Crippen LogP contribution in [0.15, 0.2) is 48.5 Å². The first-order valence-electron chi connectivity index (χ1n) is 11.3. The standard InChI is InChI=1S/C26H33N3O2/c1-18(2)29-19(3)25(23-17-22(30)9-10-24(23)29)26(31)27-21-12-15-28(16-13-21)14-11-20-7-5-4-6-8-20/h4-10,17-18,21,30H,11-16H2,1-3H3,(H,27,31). The van der Waals surface area contributed by atoms with E-state index in [-0.39, 0.29) is 23.7 Å². The number of nitrogens with one attached hydrogen (secondary N) is 1. The van der Waals surface area contributed by atoms with Gasteiger partial charge in [-0.1, -0.05) is 30.3 Å². The molecule has 3 aromatic rings. The highest BCUT2D eigenvalue weighted by atomic mass is 16.3. The molecule has 31 heavy (non-hydrogen) atoms. The number of piperidine rings is 1. The number of hydrogen-bond donors (Lipinski definition) is 2. The molecule has 1 saturated heterocycles. The zero-order valence-corrected chi connectivity index (χ0v) is 18.8. The predicted molar refractivity (Wildman–Crippen MR) is 126 cm³/mol. The van der Waals surface area contributed by atoms with Gasteiger partial charge < -0.3 is 19.9 Å². The number of aromatic hydroxyl groups is 1. The highest BCUT2D eigenvalue weighted by Gasteiger charge is 2.25. The second kappa shape index (κ2) is 9.15. The Labute approximate surface area is 184 Å². The van der Waals surface area contributed by atoms with Crippen molar-refractivity contribution in [3.8, 4) is 5.75 Å². The zero-order valence-electron chi connectivity index (χ0n) is 18.8. The number of phenols is 1. The van der Waals surface area contributed by atoms with Crippen molar-refractivity contribution in [3.05, 3.63) is 65.4 Å². The topological polar surface area (TPSA) is 57.5 Å². The number of amides is 1. The fraction of sp³-hybridized carbons (Fsp3) is 0.423. The van der Waals surface area contributed by atoms with Crippen LogP contribution in [0.25, 0.3) is 10.9 Å². The highest BCUT2D eigenvalue weighted by Crippen LogP contribution is 2.31. The molecule has 1 amide bonds. The lowest BCUT2D eigenvalue weighted by Crippen LogP contribution is -2.45. The molecule has 1 aliphatic rings. The molecular formula is C26H33N3O2. The molecule has 0 aliphatic carbocycles. The van der Waals surface area contributed by atoms with Crippen LogP contribution in [0.2, 0.25) is 0 Å². The normalized spacial score (nSPS) is 15.6. The zero-order chi connectivity index (χ0) is 22.0. The molecule has 1 fully saturated rings. The van der Waals surface area contributed by atoms with Gasteiger partial charge in [-0.15, -0.1) is 0 Å². The van der Waals surface area contributed by atoms with Gasteiger partial charge in [-0.25, -0.2) is 0 Å². The second-order valence-electron chi connectivity index (χ2n) is 8.95. The van der Waals surface area contributed by atoms with Gasteiger partial charge in [-0.2, -0.15) is 0 Å². The first kappa shape index (κ1) is 21.4. The number of hydrogen-bond acceptors (Lipinski definition) is 3. The number of aromatic nitrogens is 1. The summed E-state index contributed by atoms with van der Waals surface area (Å²) in [4.78, 5) is 15.8. The van der Waals surface area contributed by atoms with Crippen LogP contribution >= 0.6 is 0 Å². The lowest BCUT2D eigenvalue weighted by molar-refractivity contribution is 0.0912. The van der Waals surface area contributed by atoms with Gasteiger partial charge in [0.05, 0.1) is 5.56 Å². The van der Waals surface area contributed by atoms with Crippen LogP contribution in [0.5, 0.6) is 5.75 Å². The summed E-state index contributed by atoms with van der Waals surface area (Å²) in [5, 5.41) is 14.1. The Kier molecular flexibility index (Phi) is 6.33. The molecule has 2 aromatic carbocycles. The minimum absolute atomic E-state index is 0.0322. The molecule has 0 atom stereocenters. The van der Waals surface area contributed by atoms with Gasteiger partial charge in [0.2, 0.25) is 0 Å². The summed E-state index contributed by atoms with van der Waals surface area (Å²) in [5.41, 5.74) is 4.00. The maximum absolute atomic E-state index is 13.3. The van der Waals surface area contributed by atoms with Gasteiger partial charge in [-0.3, -0.25) is 4.79 Å². The van der Waals surface area contributed by atoms with E-state index in [1.54, 1.807) is 12.1 Å². The van der Waals surface area contributed by atoms with E-state index in [1.807, 2.05) is 13.0 Å². The molecule has 0 spiro atoms. The lowest BCUT2D eigenvalue weighted by Gasteiger charge is -2.32. The molecule has 2 N–H and O–H groups in total. The number of rotatable bonds is 6. The van der Waals surface area contributed by atoms with E-state index < -0.39 is 0 Å². The van der Waals surface area contributed by atoms with E-state index in [1.165, 1.54) is 5.56 Å². The molecule has 0 bridgehead atoms. The fourth-order valence-electron chi connectivity index (χ4n) is 4.87. The summed E-state index contributed by atoms with van der Waals surface area (Å²) in [6.07, 6.45) is 3.00. The van der Waals surface area contributed by atoms with Crippen LogP contribution in [0, 0.1) is 6.92 Å². The summed E-state index contributed by atoms with van der Waals surface area (Å²) >= 11 is 0. The van der Waals surface area contributed by atoms with Crippen LogP contribution in [-0.4, -0.2) is 46.2 Å². The Morgan fingerprint density at radius 1 is 1.13 bits per heavy atom. The van der Waals surface area contributed by atoms with Crippen molar-refractivity contribution in [2.45, 2.75) is 52.1 Å². The summed E-state index contributed by atoms with van der Waals surface area (Å²) in [6, 6.07) is 16.3. The monoisotopic (exact) mass is 419 g/mol. The minimum Gasteiger partial charge on any atom is -0.508 e. The largest absolute Gasteiger partial charge is 0.508 e. The van der Waals surface area contributed by atoms with Gasteiger partial charge in [0.25, 0.3) is 5.91 Å². The maximum Gasteiger partial charge on any atom is 0.253 e. The molecule has 0 unspecified atom stereocenters. The number of phenolic OH excluding ortho intramolecular Hbond substituents is 1. The maximum atomic E-state index is 13.3. The Morgan fingerprint density at radius 3 is 2.52 bits per heavy atom. The predicted octanol–water partition coefficient (Wildman–Crippen LogP) is 4.67. The summed E-state index contributed by atoms with van der Waals surface area (Å²) < 4.78 is 2.18. The van der Waals surface area contributed by atoms with Crippen LogP contribution in [0.4, 0.5) is 0 Å². The second-order valence-corrected chi connectivity index (χ2v) is 8.95. The van der Waals surface area contributed by atoms with Crippen molar-refractivity contribution in [3.63, 3.8) is 0 Å². The molecular weight excluding hydrogens is 386 g/mol. The first-order valence-corrected chi connectivity index (χ1v) is 11.3. The summed E-state index contributed by atoms with van der Waals surface area (Å²) in [5.74, 6) is 0.157. The minimum atomic E-state index is -0.0322. The molecule has 2 heterocycles. The van der Waals surface area contributed by atoms with Gasteiger partial charge >= 0.3 is 0 Å². The van der Waals surface area contributed by atoms with Gasteiger partial charge in [0, 0.05) is 48.3 Å². The summed E-state index contributed by atoms with van der Waals surface area (Å²) in [6.45, 7) is 9.30. The molecule has 0 saturated carbocycles. The molecule has 5 nitrogen and oxygen atoms in total. The summed E-state index contributed by atoms with van der Waals surface area (Å²) in [7, 11) is 0. The highest BCUT2D eigenvalue weighted by molar-refractivity contribution is 6.09. The van der Waals surface area contributed by atoms with Crippen molar-refractivity contribution in [2.75, 3.05) is 19.6 Å². The number of carbonyl (C=O) groups is 1. The molecule has 5 heteroatoms.